The lowest BCUT2D eigenvalue weighted by Crippen LogP contribution is -1.94. The maximum atomic E-state index is 6.11. The van der Waals surface area contributed by atoms with E-state index in [1.165, 1.54) is 0 Å². The van der Waals surface area contributed by atoms with Crippen molar-refractivity contribution in [2.45, 2.75) is 0 Å². The Hall–Kier alpha value is -2.46. The Bertz CT molecular complexity index is 745. The van der Waals surface area contributed by atoms with Crippen molar-refractivity contribution in [1.82, 2.24) is 15.0 Å². The van der Waals surface area contributed by atoms with Crippen LogP contribution in [0, 0.1) is 0 Å². The fourth-order valence-corrected chi connectivity index (χ4v) is 2.12. The SMILES string of the molecule is COc1ccc(-c2nc(Cl)cc(-c3ccccc3)n2)cn1. The van der Waals surface area contributed by atoms with Gasteiger partial charge in [-0.15, -0.1) is 0 Å². The molecule has 0 amide bonds. The molecule has 0 unspecified atom stereocenters. The van der Waals surface area contributed by atoms with Crippen molar-refractivity contribution in [3.05, 3.63) is 59.9 Å². The number of hydrogen-bond acceptors (Lipinski definition) is 4. The summed E-state index contributed by atoms with van der Waals surface area (Å²) in [6.45, 7) is 0. The highest BCUT2D eigenvalue weighted by Crippen LogP contribution is 2.24. The van der Waals surface area contributed by atoms with Crippen molar-refractivity contribution >= 4 is 11.6 Å². The van der Waals surface area contributed by atoms with Gasteiger partial charge in [-0.2, -0.15) is 0 Å². The zero-order valence-corrected chi connectivity index (χ0v) is 12.1. The standard InChI is InChI=1S/C16H12ClN3O/c1-21-15-8-7-12(10-18-15)16-19-13(9-14(17)20-16)11-5-3-2-4-6-11/h2-10H,1H3. The van der Waals surface area contributed by atoms with E-state index >= 15 is 0 Å². The van der Waals surface area contributed by atoms with Gasteiger partial charge in [0.05, 0.1) is 12.8 Å². The number of pyridine rings is 1. The molecule has 0 aliphatic carbocycles. The van der Waals surface area contributed by atoms with Crippen LogP contribution in [0.3, 0.4) is 0 Å². The Morgan fingerprint density at radius 1 is 0.952 bits per heavy atom. The van der Waals surface area contributed by atoms with Gasteiger partial charge in [0.15, 0.2) is 5.82 Å². The van der Waals surface area contributed by atoms with Crippen LogP contribution in [0.1, 0.15) is 0 Å². The van der Waals surface area contributed by atoms with Crippen molar-refractivity contribution in [1.29, 1.82) is 0 Å². The first-order chi connectivity index (χ1) is 10.3. The Kier molecular flexibility index (Phi) is 3.79. The molecule has 5 heteroatoms. The number of methoxy groups -OCH3 is 1. The van der Waals surface area contributed by atoms with E-state index in [-0.39, 0.29) is 0 Å². The second-order valence-corrected chi connectivity index (χ2v) is 4.74. The quantitative estimate of drug-likeness (QED) is 0.689. The Balaban J connectivity index is 2.05. The molecular weight excluding hydrogens is 286 g/mol. The fourth-order valence-electron chi connectivity index (χ4n) is 1.94. The number of hydrogen-bond donors (Lipinski definition) is 0. The summed E-state index contributed by atoms with van der Waals surface area (Å²) in [5.41, 5.74) is 2.56. The lowest BCUT2D eigenvalue weighted by atomic mass is 10.1. The highest BCUT2D eigenvalue weighted by atomic mass is 35.5. The second-order valence-electron chi connectivity index (χ2n) is 4.35. The summed E-state index contributed by atoms with van der Waals surface area (Å²) in [5.74, 6) is 1.08. The van der Waals surface area contributed by atoms with Gasteiger partial charge in [0.25, 0.3) is 0 Å². The molecule has 0 atom stereocenters. The summed E-state index contributed by atoms with van der Waals surface area (Å²) in [4.78, 5) is 13.0. The smallest absolute Gasteiger partial charge is 0.212 e. The Morgan fingerprint density at radius 3 is 2.43 bits per heavy atom. The number of nitrogens with zero attached hydrogens (tertiary/aromatic N) is 3. The largest absolute Gasteiger partial charge is 0.481 e. The van der Waals surface area contributed by atoms with Gasteiger partial charge < -0.3 is 4.74 Å². The molecule has 0 radical (unpaired) electrons. The van der Waals surface area contributed by atoms with Crippen molar-refractivity contribution in [2.75, 3.05) is 7.11 Å². The van der Waals surface area contributed by atoms with Crippen LogP contribution >= 0.6 is 11.6 Å². The number of rotatable bonds is 3. The summed E-state index contributed by atoms with van der Waals surface area (Å²) in [6, 6.07) is 15.2. The molecule has 0 N–H and O–H groups in total. The Labute approximate surface area is 127 Å². The van der Waals surface area contributed by atoms with Crippen molar-refractivity contribution in [3.8, 4) is 28.5 Å². The van der Waals surface area contributed by atoms with Gasteiger partial charge in [0.2, 0.25) is 5.88 Å². The maximum Gasteiger partial charge on any atom is 0.212 e. The Morgan fingerprint density at radius 2 is 1.76 bits per heavy atom. The van der Waals surface area contributed by atoms with Crippen LogP contribution in [0.4, 0.5) is 0 Å². The number of aromatic nitrogens is 3. The number of halogens is 1. The molecule has 3 rings (SSSR count). The van der Waals surface area contributed by atoms with Crippen LogP contribution in [-0.4, -0.2) is 22.1 Å². The summed E-state index contributed by atoms with van der Waals surface area (Å²) in [6.07, 6.45) is 1.67. The van der Waals surface area contributed by atoms with E-state index in [1.54, 1.807) is 25.4 Å². The van der Waals surface area contributed by atoms with Gasteiger partial charge in [-0.3, -0.25) is 0 Å². The van der Waals surface area contributed by atoms with Crippen LogP contribution in [-0.2, 0) is 0 Å². The summed E-state index contributed by atoms with van der Waals surface area (Å²) in [5, 5.41) is 0.398. The zero-order valence-electron chi connectivity index (χ0n) is 11.3. The van der Waals surface area contributed by atoms with Crippen molar-refractivity contribution in [2.24, 2.45) is 0 Å². The van der Waals surface area contributed by atoms with E-state index in [0.717, 1.165) is 16.8 Å². The third-order valence-electron chi connectivity index (χ3n) is 2.97. The average molecular weight is 298 g/mol. The predicted molar refractivity (Wildman–Crippen MR) is 82.3 cm³/mol. The molecule has 0 aliphatic rings. The van der Waals surface area contributed by atoms with Gasteiger partial charge in [-0.25, -0.2) is 15.0 Å². The van der Waals surface area contributed by atoms with Crippen molar-refractivity contribution in [3.63, 3.8) is 0 Å². The van der Waals surface area contributed by atoms with Crippen LogP contribution < -0.4 is 4.74 Å². The molecule has 0 saturated carbocycles. The van der Waals surface area contributed by atoms with Gasteiger partial charge in [-0.1, -0.05) is 41.9 Å². The van der Waals surface area contributed by atoms with E-state index in [4.69, 9.17) is 16.3 Å². The lowest BCUT2D eigenvalue weighted by molar-refractivity contribution is 0.398. The molecular formula is C16H12ClN3O. The molecule has 21 heavy (non-hydrogen) atoms. The minimum atomic E-state index is 0.398. The molecule has 104 valence electrons. The average Bonchev–Trinajstić information content (AvgIpc) is 2.55. The van der Waals surface area contributed by atoms with Gasteiger partial charge in [-0.05, 0) is 6.07 Å². The molecule has 4 nitrogen and oxygen atoms in total. The molecule has 0 fully saturated rings. The molecule has 1 aromatic carbocycles. The second kappa shape index (κ2) is 5.89. The third kappa shape index (κ3) is 3.01. The fraction of sp³-hybridized carbons (Fsp3) is 0.0625. The first-order valence-corrected chi connectivity index (χ1v) is 6.74. The molecule has 2 aromatic heterocycles. The molecule has 3 aromatic rings. The minimum Gasteiger partial charge on any atom is -0.481 e. The summed E-state index contributed by atoms with van der Waals surface area (Å²) in [7, 11) is 1.57. The monoisotopic (exact) mass is 297 g/mol. The van der Waals surface area contributed by atoms with E-state index in [1.807, 2.05) is 36.4 Å². The highest BCUT2D eigenvalue weighted by molar-refractivity contribution is 6.29. The van der Waals surface area contributed by atoms with Crippen molar-refractivity contribution < 1.29 is 4.74 Å². The van der Waals surface area contributed by atoms with E-state index in [2.05, 4.69) is 15.0 Å². The highest BCUT2D eigenvalue weighted by Gasteiger charge is 2.08. The van der Waals surface area contributed by atoms with Crippen LogP contribution in [0.15, 0.2) is 54.7 Å². The molecule has 0 spiro atoms. The topological polar surface area (TPSA) is 47.9 Å². The lowest BCUT2D eigenvalue weighted by Gasteiger charge is -2.06. The first kappa shape index (κ1) is 13.5. The number of ether oxygens (including phenoxy) is 1. The normalized spacial score (nSPS) is 10.4. The molecule has 0 aliphatic heterocycles. The molecule has 2 heterocycles. The van der Waals surface area contributed by atoms with E-state index < -0.39 is 0 Å². The van der Waals surface area contributed by atoms with Gasteiger partial charge >= 0.3 is 0 Å². The summed E-state index contributed by atoms with van der Waals surface area (Å²) < 4.78 is 5.04. The van der Waals surface area contributed by atoms with E-state index in [9.17, 15) is 0 Å². The van der Waals surface area contributed by atoms with Gasteiger partial charge in [0.1, 0.15) is 5.15 Å². The summed E-state index contributed by atoms with van der Waals surface area (Å²) >= 11 is 6.11. The zero-order chi connectivity index (χ0) is 14.7. The van der Waals surface area contributed by atoms with Crippen LogP contribution in [0.2, 0.25) is 5.15 Å². The van der Waals surface area contributed by atoms with E-state index in [0.29, 0.717) is 16.9 Å². The van der Waals surface area contributed by atoms with Gasteiger partial charge in [0, 0.05) is 29.5 Å². The maximum absolute atomic E-state index is 6.11. The molecule has 0 bridgehead atoms. The molecule has 0 saturated heterocycles. The third-order valence-corrected chi connectivity index (χ3v) is 3.16. The number of benzene rings is 1. The minimum absolute atomic E-state index is 0.398. The van der Waals surface area contributed by atoms with Crippen LogP contribution in [0.5, 0.6) is 5.88 Å². The predicted octanol–water partition coefficient (Wildman–Crippen LogP) is 3.87. The first-order valence-electron chi connectivity index (χ1n) is 6.36. The van der Waals surface area contributed by atoms with Crippen LogP contribution in [0.25, 0.3) is 22.6 Å².